The number of halogens is 3. The summed E-state index contributed by atoms with van der Waals surface area (Å²) in [5.41, 5.74) is -0.396. The van der Waals surface area contributed by atoms with E-state index in [1.54, 1.807) is 30.9 Å². The summed E-state index contributed by atoms with van der Waals surface area (Å²) in [6, 6.07) is 9.62. The summed E-state index contributed by atoms with van der Waals surface area (Å²) in [6.45, 7) is 5.79. The molecular formula is C36H44F3N5O4. The fraction of sp³-hybridized carbons (Fsp3) is 0.528. The first kappa shape index (κ1) is 36.6. The highest BCUT2D eigenvalue weighted by Gasteiger charge is 2.44. The molecule has 0 bridgehead atoms. The van der Waals surface area contributed by atoms with Crippen molar-refractivity contribution in [2.45, 2.75) is 76.7 Å². The minimum atomic E-state index is -3.92. The van der Waals surface area contributed by atoms with Crippen molar-refractivity contribution >= 4 is 29.2 Å². The molecule has 1 heterocycles. The molecule has 1 aliphatic carbocycles. The van der Waals surface area contributed by atoms with Crippen LogP contribution < -0.4 is 10.6 Å². The maximum absolute atomic E-state index is 15.6. The number of nitrogens with one attached hydrogen (secondary N) is 2. The van der Waals surface area contributed by atoms with Crippen LogP contribution in [0.1, 0.15) is 81.4 Å². The Morgan fingerprint density at radius 1 is 1.02 bits per heavy atom. The van der Waals surface area contributed by atoms with Crippen LogP contribution in [0.3, 0.4) is 0 Å². The molecule has 4 rings (SSSR count). The van der Waals surface area contributed by atoms with Crippen molar-refractivity contribution in [3.05, 3.63) is 65.0 Å². The van der Waals surface area contributed by atoms with Crippen LogP contribution in [0.2, 0.25) is 0 Å². The largest absolute Gasteiger partial charge is 0.344 e. The molecule has 3 atom stereocenters. The summed E-state index contributed by atoms with van der Waals surface area (Å²) < 4.78 is 46.2. The van der Waals surface area contributed by atoms with E-state index in [9.17, 15) is 19.2 Å². The van der Waals surface area contributed by atoms with E-state index in [2.05, 4.69) is 15.5 Å². The van der Waals surface area contributed by atoms with Crippen LogP contribution in [0.5, 0.6) is 0 Å². The monoisotopic (exact) mass is 667 g/mol. The maximum atomic E-state index is 15.6. The molecule has 258 valence electrons. The number of nitriles is 1. The van der Waals surface area contributed by atoms with Crippen molar-refractivity contribution < 1.29 is 32.3 Å². The van der Waals surface area contributed by atoms with Gasteiger partial charge in [0.1, 0.15) is 11.9 Å². The van der Waals surface area contributed by atoms with Crippen molar-refractivity contribution in [1.29, 1.82) is 5.26 Å². The number of benzene rings is 2. The maximum Gasteiger partial charge on any atom is 0.330 e. The molecule has 2 aliphatic rings. The number of carbonyl (C=O) groups excluding carboxylic acids is 4. The second kappa shape index (κ2) is 16.2. The van der Waals surface area contributed by atoms with Gasteiger partial charge in [0.25, 0.3) is 0 Å². The van der Waals surface area contributed by atoms with Crippen LogP contribution in [0.4, 0.5) is 18.9 Å². The Hall–Kier alpha value is -4.24. The van der Waals surface area contributed by atoms with Crippen LogP contribution in [0.15, 0.2) is 42.5 Å². The average molecular weight is 668 g/mol. The van der Waals surface area contributed by atoms with Gasteiger partial charge >= 0.3 is 5.92 Å². The van der Waals surface area contributed by atoms with E-state index in [0.29, 0.717) is 44.6 Å². The molecule has 0 aromatic heterocycles. The molecule has 0 spiro atoms. The van der Waals surface area contributed by atoms with Gasteiger partial charge in [-0.25, -0.2) is 4.39 Å². The van der Waals surface area contributed by atoms with E-state index in [1.165, 1.54) is 24.3 Å². The van der Waals surface area contributed by atoms with Crippen LogP contribution in [-0.4, -0.2) is 72.6 Å². The van der Waals surface area contributed by atoms with Crippen LogP contribution in [0.25, 0.3) is 0 Å². The Morgan fingerprint density at radius 3 is 2.33 bits per heavy atom. The number of carbonyl (C=O) groups is 4. The van der Waals surface area contributed by atoms with Gasteiger partial charge in [-0.3, -0.25) is 19.2 Å². The lowest BCUT2D eigenvalue weighted by Crippen LogP contribution is -2.55. The number of hydrogen-bond donors (Lipinski definition) is 2. The van der Waals surface area contributed by atoms with Crippen molar-refractivity contribution in [1.82, 2.24) is 15.1 Å². The molecule has 1 saturated heterocycles. The summed E-state index contributed by atoms with van der Waals surface area (Å²) in [7, 11) is 1.96. The Balaban J connectivity index is 1.53. The van der Waals surface area contributed by atoms with Gasteiger partial charge in [-0.05, 0) is 55.6 Å². The number of nitrogens with zero attached hydrogens (tertiary/aromatic N) is 3. The predicted octanol–water partition coefficient (Wildman–Crippen LogP) is 5.36. The fourth-order valence-corrected chi connectivity index (χ4v) is 6.52. The third kappa shape index (κ3) is 8.81. The third-order valence-electron chi connectivity index (χ3n) is 9.66. The zero-order chi connectivity index (χ0) is 35.0. The van der Waals surface area contributed by atoms with Crippen LogP contribution >= 0.6 is 0 Å². The van der Waals surface area contributed by atoms with E-state index in [0.717, 1.165) is 31.4 Å². The number of anilines is 1. The van der Waals surface area contributed by atoms with Gasteiger partial charge in [-0.2, -0.15) is 14.0 Å². The first-order valence-electron chi connectivity index (χ1n) is 16.6. The quantitative estimate of drug-likeness (QED) is 0.315. The van der Waals surface area contributed by atoms with Crippen molar-refractivity contribution in [2.24, 2.45) is 11.8 Å². The highest BCUT2D eigenvalue weighted by Crippen LogP contribution is 2.38. The molecule has 1 saturated carbocycles. The van der Waals surface area contributed by atoms with Gasteiger partial charge < -0.3 is 20.4 Å². The number of piperazine rings is 1. The van der Waals surface area contributed by atoms with Gasteiger partial charge in [0.05, 0.1) is 17.3 Å². The number of ketones is 1. The summed E-state index contributed by atoms with van der Waals surface area (Å²) in [4.78, 5) is 56.4. The summed E-state index contributed by atoms with van der Waals surface area (Å²) in [5, 5.41) is 14.5. The van der Waals surface area contributed by atoms with Gasteiger partial charge in [-0.15, -0.1) is 0 Å². The number of Topliss-reactive ketones (excluding diaryl/α,β-unsaturated/α-hetero) is 1. The van der Waals surface area contributed by atoms with E-state index >= 15 is 13.2 Å². The summed E-state index contributed by atoms with van der Waals surface area (Å²) in [5.74, 6) is -9.53. The minimum absolute atomic E-state index is 0.0162. The Morgan fingerprint density at radius 2 is 1.71 bits per heavy atom. The number of alkyl halides is 2. The Bertz CT molecular complexity index is 1530. The summed E-state index contributed by atoms with van der Waals surface area (Å²) in [6.07, 6.45) is 3.07. The lowest BCUT2D eigenvalue weighted by Gasteiger charge is -2.36. The molecule has 1 aliphatic heterocycles. The molecule has 2 aromatic carbocycles. The number of hydrogen-bond acceptors (Lipinski definition) is 6. The van der Waals surface area contributed by atoms with E-state index < -0.39 is 53.3 Å². The average Bonchev–Trinajstić information content (AvgIpc) is 3.10. The molecule has 9 nitrogen and oxygen atoms in total. The molecular weight excluding hydrogens is 623 g/mol. The molecule has 12 heteroatoms. The lowest BCUT2D eigenvalue weighted by atomic mass is 9.76. The molecule has 2 fully saturated rings. The fourth-order valence-electron chi connectivity index (χ4n) is 6.52. The summed E-state index contributed by atoms with van der Waals surface area (Å²) >= 11 is 0. The highest BCUT2D eigenvalue weighted by atomic mass is 19.3. The molecule has 48 heavy (non-hydrogen) atoms. The van der Waals surface area contributed by atoms with Crippen molar-refractivity contribution in [3.63, 3.8) is 0 Å². The normalized spacial score (nSPS) is 17.9. The second-order valence-electron chi connectivity index (χ2n) is 12.9. The van der Waals surface area contributed by atoms with Gasteiger partial charge in [0.15, 0.2) is 0 Å². The van der Waals surface area contributed by atoms with Crippen molar-refractivity contribution in [3.8, 4) is 6.07 Å². The molecule has 0 radical (unpaired) electrons. The van der Waals surface area contributed by atoms with Crippen LogP contribution in [-0.2, 0) is 25.1 Å². The molecule has 2 aromatic rings. The Kier molecular flexibility index (Phi) is 12.4. The van der Waals surface area contributed by atoms with E-state index in [-0.39, 0.29) is 35.4 Å². The van der Waals surface area contributed by atoms with E-state index in [4.69, 9.17) is 5.26 Å². The molecule has 3 amide bonds. The first-order chi connectivity index (χ1) is 22.8. The van der Waals surface area contributed by atoms with Gasteiger partial charge in [0, 0.05) is 56.4 Å². The predicted molar refractivity (Wildman–Crippen MR) is 174 cm³/mol. The number of amides is 3. The molecule has 0 unspecified atom stereocenters. The smallest absolute Gasteiger partial charge is 0.330 e. The second-order valence-corrected chi connectivity index (χ2v) is 12.9. The van der Waals surface area contributed by atoms with Gasteiger partial charge in [0.2, 0.25) is 23.5 Å². The topological polar surface area (TPSA) is 123 Å². The Labute approximate surface area is 279 Å². The molecule has 2 N–H and O–H groups in total. The lowest BCUT2D eigenvalue weighted by molar-refractivity contribution is -0.147. The first-order valence-corrected chi connectivity index (χ1v) is 16.6. The number of rotatable bonds is 12. The number of likely N-dealkylation sites (N-methyl/N-ethyl adjacent to an activating group) is 1. The minimum Gasteiger partial charge on any atom is -0.344 e. The highest BCUT2D eigenvalue weighted by molar-refractivity contribution is 5.97. The van der Waals surface area contributed by atoms with Gasteiger partial charge in [-0.1, -0.05) is 51.3 Å². The zero-order valence-corrected chi connectivity index (χ0v) is 27.7. The SMILES string of the molecule is CCC(=O)N[C@@H](C(=O)N1CCN(C)CC1)[C@@H](C)c1ccc(NC(=O)[C@@H](CC(=O)C(F)(F)c2cccc(C#N)c2)C2CCCCC2)c(F)c1. The zero-order valence-electron chi connectivity index (χ0n) is 27.7. The third-order valence-corrected chi connectivity index (χ3v) is 9.66. The standard InChI is InChI=1S/C36H44F3N5O4/c1-4-32(46)42-33(35(48)44-17-15-43(3)16-18-44)23(2)26-13-14-30(29(37)20-26)41-34(47)28(25-10-6-5-7-11-25)21-31(45)36(38,39)27-12-8-9-24(19-27)22-40/h8-9,12-14,19-20,23,25,28,33H,4-7,10-11,15-18,21H2,1-3H3,(H,41,47)(H,42,46)/t23-,28-,33+/m0/s1. The van der Waals surface area contributed by atoms with Crippen LogP contribution in [0, 0.1) is 29.0 Å². The van der Waals surface area contributed by atoms with Crippen molar-refractivity contribution in [2.75, 3.05) is 38.5 Å². The van der Waals surface area contributed by atoms with E-state index in [1.807, 2.05) is 7.05 Å².